The molecule has 12 heavy (non-hydrogen) atoms. The number of hydrogen-bond donors (Lipinski definition) is 1. The number of ether oxygens (including phenoxy) is 1. The van der Waals surface area contributed by atoms with Crippen LogP contribution in [0.2, 0.25) is 0 Å². The van der Waals surface area contributed by atoms with Crippen molar-refractivity contribution in [1.82, 2.24) is 4.79 Å². The van der Waals surface area contributed by atoms with Gasteiger partial charge in [0.25, 0.3) is 0 Å². The first-order valence-corrected chi connectivity index (χ1v) is 2.89. The number of rotatable bonds is 1. The van der Waals surface area contributed by atoms with Crippen molar-refractivity contribution in [2.45, 2.75) is 0 Å². The predicted octanol–water partition coefficient (Wildman–Crippen LogP) is 0.638. The number of aromatic nitrogens is 1. The molecule has 1 rings (SSSR count). The van der Waals surface area contributed by atoms with Crippen molar-refractivity contribution in [3.8, 4) is 5.75 Å². The summed E-state index contributed by atoms with van der Waals surface area (Å²) in [6.45, 7) is 0. The molecule has 6 heteroatoms. The van der Waals surface area contributed by atoms with Crippen molar-refractivity contribution in [2.75, 3.05) is 0 Å². The first-order valence-electron chi connectivity index (χ1n) is 2.89. The van der Waals surface area contributed by atoms with Gasteiger partial charge in [0.1, 0.15) is 0 Å². The Balaban J connectivity index is 3.06. The van der Waals surface area contributed by atoms with E-state index in [1.54, 1.807) is 0 Å². The summed E-state index contributed by atoms with van der Waals surface area (Å²) < 4.78 is 16.3. The van der Waals surface area contributed by atoms with Crippen LogP contribution in [-0.4, -0.2) is 16.1 Å². The second-order valence-corrected chi connectivity index (χ2v) is 1.89. The van der Waals surface area contributed by atoms with Crippen molar-refractivity contribution >= 4 is 6.16 Å². The first-order chi connectivity index (χ1) is 5.59. The van der Waals surface area contributed by atoms with Crippen LogP contribution in [0.5, 0.6) is 5.75 Å². The molecule has 0 atom stereocenters. The van der Waals surface area contributed by atoms with E-state index in [9.17, 15) is 14.1 Å². The summed E-state index contributed by atoms with van der Waals surface area (Å²) in [5.74, 6) is -0.562. The molecule has 1 aromatic rings. The maximum absolute atomic E-state index is 12.3. The molecule has 0 aliphatic heterocycles. The van der Waals surface area contributed by atoms with Gasteiger partial charge in [-0.25, -0.2) is 4.79 Å². The highest BCUT2D eigenvalue weighted by Gasteiger charge is 2.05. The fourth-order valence-electron chi connectivity index (χ4n) is 0.610. The molecule has 0 amide bonds. The van der Waals surface area contributed by atoms with Crippen LogP contribution >= 0.6 is 0 Å². The molecule has 1 aromatic heterocycles. The molecule has 0 unspecified atom stereocenters. The van der Waals surface area contributed by atoms with Crippen LogP contribution in [0, 0.1) is 0 Å². The second kappa shape index (κ2) is 3.04. The molecular weight excluding hydrogens is 169 g/mol. The zero-order valence-corrected chi connectivity index (χ0v) is 5.73. The summed E-state index contributed by atoms with van der Waals surface area (Å²) in [7, 11) is 0. The molecule has 0 spiro atoms. The highest BCUT2D eigenvalue weighted by atomic mass is 19.2. The van der Waals surface area contributed by atoms with Crippen molar-refractivity contribution in [1.29, 1.82) is 0 Å². The SMILES string of the molecule is O=C(O)Oc1cn(F)ccc1=O. The quantitative estimate of drug-likeness (QED) is 0.632. The molecule has 0 radical (unpaired) electrons. The molecule has 0 saturated heterocycles. The lowest BCUT2D eigenvalue weighted by Crippen LogP contribution is -2.12. The largest absolute Gasteiger partial charge is 0.511 e. The van der Waals surface area contributed by atoms with E-state index in [0.717, 1.165) is 12.3 Å². The summed E-state index contributed by atoms with van der Waals surface area (Å²) in [6.07, 6.45) is -0.175. The molecule has 1 N–H and O–H groups in total. The van der Waals surface area contributed by atoms with Gasteiger partial charge in [0.2, 0.25) is 11.2 Å². The molecule has 64 valence electrons. The lowest BCUT2D eigenvalue weighted by atomic mass is 10.4. The maximum Gasteiger partial charge on any atom is 0.511 e. The van der Waals surface area contributed by atoms with Gasteiger partial charge >= 0.3 is 6.16 Å². The highest BCUT2D eigenvalue weighted by Crippen LogP contribution is 2.01. The molecule has 1 heterocycles. The van der Waals surface area contributed by atoms with Crippen LogP contribution < -0.4 is 10.2 Å². The van der Waals surface area contributed by atoms with Crippen LogP contribution in [0.15, 0.2) is 23.3 Å². The maximum atomic E-state index is 12.3. The number of halogens is 1. The van der Waals surface area contributed by atoms with Crippen molar-refractivity contribution in [2.24, 2.45) is 0 Å². The van der Waals surface area contributed by atoms with Crippen molar-refractivity contribution in [3.05, 3.63) is 28.7 Å². The predicted molar refractivity (Wildman–Crippen MR) is 35.9 cm³/mol. The molecule has 0 fully saturated rings. The van der Waals surface area contributed by atoms with Gasteiger partial charge in [-0.3, -0.25) is 4.79 Å². The Hall–Kier alpha value is -1.85. The van der Waals surface area contributed by atoms with Crippen LogP contribution in [0.4, 0.5) is 9.28 Å². The van der Waals surface area contributed by atoms with Crippen molar-refractivity contribution in [3.63, 3.8) is 0 Å². The Morgan fingerprint density at radius 2 is 2.33 bits per heavy atom. The number of carbonyl (C=O) groups is 1. The Labute approximate surface area is 65.6 Å². The smallest absolute Gasteiger partial charge is 0.449 e. The topological polar surface area (TPSA) is 68.5 Å². The lowest BCUT2D eigenvalue weighted by Gasteiger charge is -1.97. The van der Waals surface area contributed by atoms with Gasteiger partial charge in [-0.1, -0.05) is 4.48 Å². The number of nitrogens with zero attached hydrogens (tertiary/aromatic N) is 1. The third-order valence-corrected chi connectivity index (χ3v) is 1.05. The lowest BCUT2D eigenvalue weighted by molar-refractivity contribution is 0.143. The minimum Gasteiger partial charge on any atom is -0.449 e. The monoisotopic (exact) mass is 173 g/mol. The minimum absolute atomic E-state index is 0.0275. The Morgan fingerprint density at radius 3 is 2.92 bits per heavy atom. The molecular formula is C6H4FNO4. The van der Waals surface area contributed by atoms with Gasteiger partial charge in [0.15, 0.2) is 0 Å². The Kier molecular flexibility index (Phi) is 2.09. The van der Waals surface area contributed by atoms with E-state index in [2.05, 4.69) is 4.74 Å². The summed E-state index contributed by atoms with van der Waals surface area (Å²) in [5.41, 5.74) is -0.689. The third-order valence-electron chi connectivity index (χ3n) is 1.05. The van der Waals surface area contributed by atoms with Gasteiger partial charge in [0.05, 0.1) is 6.20 Å². The van der Waals surface area contributed by atoms with Crippen LogP contribution in [0.25, 0.3) is 0 Å². The number of hydrogen-bond acceptors (Lipinski definition) is 3. The average Bonchev–Trinajstić information content (AvgIpc) is 1.96. The van der Waals surface area contributed by atoms with Gasteiger partial charge in [-0.2, -0.15) is 4.79 Å². The van der Waals surface area contributed by atoms with E-state index in [1.165, 1.54) is 0 Å². The minimum atomic E-state index is -1.65. The van der Waals surface area contributed by atoms with E-state index in [-0.39, 0.29) is 4.79 Å². The zero-order chi connectivity index (χ0) is 9.14. The van der Waals surface area contributed by atoms with Crippen LogP contribution in [-0.2, 0) is 0 Å². The van der Waals surface area contributed by atoms with Crippen molar-refractivity contribution < 1.29 is 19.1 Å². The molecule has 0 aliphatic carbocycles. The standard InChI is InChI=1S/C6H4FNO4/c7-8-2-1-4(9)5(3-8)12-6(10)11/h1-3H,(H,10,11). The molecule has 0 aliphatic rings. The summed E-state index contributed by atoms with van der Waals surface area (Å²) in [4.78, 5) is 20.7. The highest BCUT2D eigenvalue weighted by molar-refractivity contribution is 5.60. The van der Waals surface area contributed by atoms with E-state index in [1.807, 2.05) is 0 Å². The Morgan fingerprint density at radius 1 is 1.67 bits per heavy atom. The zero-order valence-electron chi connectivity index (χ0n) is 5.73. The van der Waals surface area contributed by atoms with E-state index >= 15 is 0 Å². The fraction of sp³-hybridized carbons (Fsp3) is 0. The van der Waals surface area contributed by atoms with E-state index in [4.69, 9.17) is 5.11 Å². The second-order valence-electron chi connectivity index (χ2n) is 1.89. The fourth-order valence-corrected chi connectivity index (χ4v) is 0.610. The summed E-state index contributed by atoms with van der Waals surface area (Å²) in [5, 5.41) is 8.09. The first kappa shape index (κ1) is 8.25. The Bertz CT molecular complexity index is 359. The number of pyridine rings is 1. The summed E-state index contributed by atoms with van der Waals surface area (Å²) in [6, 6.07) is 0.859. The average molecular weight is 173 g/mol. The molecule has 0 aromatic carbocycles. The molecule has 0 saturated carbocycles. The van der Waals surface area contributed by atoms with Gasteiger partial charge in [0, 0.05) is 12.3 Å². The number of carboxylic acid groups (broad SMARTS) is 1. The molecule has 5 nitrogen and oxygen atoms in total. The normalized spacial score (nSPS) is 9.42. The van der Waals surface area contributed by atoms with E-state index in [0.29, 0.717) is 6.20 Å². The van der Waals surface area contributed by atoms with Gasteiger partial charge in [-0.15, -0.1) is 0 Å². The van der Waals surface area contributed by atoms with Crippen LogP contribution in [0.3, 0.4) is 0 Å². The van der Waals surface area contributed by atoms with E-state index < -0.39 is 17.3 Å². The molecule has 0 bridgehead atoms. The third kappa shape index (κ3) is 1.82. The van der Waals surface area contributed by atoms with Gasteiger partial charge in [-0.05, 0) is 0 Å². The van der Waals surface area contributed by atoms with Crippen LogP contribution in [0.1, 0.15) is 0 Å². The summed E-state index contributed by atoms with van der Waals surface area (Å²) >= 11 is 0. The van der Waals surface area contributed by atoms with Gasteiger partial charge < -0.3 is 9.84 Å².